The Morgan fingerprint density at radius 1 is 1.12 bits per heavy atom. The number of benzene rings is 1. The molecule has 1 atom stereocenters. The van der Waals surface area contributed by atoms with Crippen LogP contribution in [0.3, 0.4) is 0 Å². The molecule has 0 unspecified atom stereocenters. The molecule has 2 amide bonds. The lowest BCUT2D eigenvalue weighted by molar-refractivity contribution is -0.131. The molecular weight excluding hydrogens is 330 g/mol. The molecule has 2 N–H and O–H groups in total. The molecule has 0 aliphatic rings. The van der Waals surface area contributed by atoms with Gasteiger partial charge in [-0.05, 0) is 18.1 Å². The van der Waals surface area contributed by atoms with Crippen LogP contribution in [0.25, 0.3) is 11.3 Å². The number of nitrogens with one attached hydrogen (secondary N) is 2. The molecule has 0 fully saturated rings. The van der Waals surface area contributed by atoms with E-state index in [1.807, 2.05) is 19.9 Å². The quantitative estimate of drug-likeness (QED) is 0.828. The lowest BCUT2D eigenvalue weighted by Gasteiger charge is -2.24. The zero-order chi connectivity index (χ0) is 19.3. The van der Waals surface area contributed by atoms with Crippen LogP contribution in [-0.2, 0) is 4.79 Å². The largest absolute Gasteiger partial charge is 0.371 e. The van der Waals surface area contributed by atoms with Crippen LogP contribution in [0.4, 0.5) is 5.82 Å². The summed E-state index contributed by atoms with van der Waals surface area (Å²) >= 11 is 0. The fraction of sp³-hybridized carbons (Fsp3) is 0.368. The molecule has 26 heavy (non-hydrogen) atoms. The van der Waals surface area contributed by atoms with Crippen molar-refractivity contribution >= 4 is 17.6 Å². The first-order valence-corrected chi connectivity index (χ1v) is 8.46. The van der Waals surface area contributed by atoms with E-state index in [2.05, 4.69) is 20.6 Å². The van der Waals surface area contributed by atoms with Crippen LogP contribution in [0, 0.1) is 5.92 Å². The van der Waals surface area contributed by atoms with Crippen molar-refractivity contribution in [3.63, 3.8) is 0 Å². The summed E-state index contributed by atoms with van der Waals surface area (Å²) in [5, 5.41) is 5.83. The van der Waals surface area contributed by atoms with E-state index in [1.54, 1.807) is 51.7 Å². The third kappa shape index (κ3) is 4.36. The highest BCUT2D eigenvalue weighted by molar-refractivity contribution is 5.98. The molecule has 0 aliphatic carbocycles. The van der Waals surface area contributed by atoms with Crippen molar-refractivity contribution in [2.24, 2.45) is 5.92 Å². The van der Waals surface area contributed by atoms with Gasteiger partial charge in [-0.1, -0.05) is 26.0 Å². The van der Waals surface area contributed by atoms with Gasteiger partial charge in [-0.2, -0.15) is 0 Å². The van der Waals surface area contributed by atoms with Crippen LogP contribution in [0.1, 0.15) is 24.2 Å². The second kappa shape index (κ2) is 8.42. The van der Waals surface area contributed by atoms with Gasteiger partial charge in [0.25, 0.3) is 5.91 Å². The van der Waals surface area contributed by atoms with E-state index in [0.29, 0.717) is 17.1 Å². The Balaban J connectivity index is 2.29. The van der Waals surface area contributed by atoms with Gasteiger partial charge in [0.1, 0.15) is 11.7 Å². The summed E-state index contributed by atoms with van der Waals surface area (Å²) in [5.41, 5.74) is 1.90. The summed E-state index contributed by atoms with van der Waals surface area (Å²) in [4.78, 5) is 35.1. The SMILES string of the molecule is CNc1nccnc1-c1cccc(C(=O)N[C@H](C(=O)N(C)C)C(C)C)c1. The molecule has 7 nitrogen and oxygen atoms in total. The number of carbonyl (C=O) groups is 2. The average molecular weight is 355 g/mol. The molecule has 0 saturated carbocycles. The summed E-state index contributed by atoms with van der Waals surface area (Å²) in [6, 6.07) is 6.54. The van der Waals surface area contributed by atoms with Crippen LogP contribution in [0.5, 0.6) is 0 Å². The molecule has 0 saturated heterocycles. The highest BCUT2D eigenvalue weighted by Gasteiger charge is 2.26. The molecular formula is C19H25N5O2. The smallest absolute Gasteiger partial charge is 0.251 e. The third-order valence-electron chi connectivity index (χ3n) is 3.99. The number of nitrogens with zero attached hydrogens (tertiary/aromatic N) is 3. The van der Waals surface area contributed by atoms with Crippen LogP contribution in [0.15, 0.2) is 36.7 Å². The van der Waals surface area contributed by atoms with E-state index >= 15 is 0 Å². The Kier molecular flexibility index (Phi) is 6.27. The zero-order valence-corrected chi connectivity index (χ0v) is 15.8. The second-order valence-electron chi connectivity index (χ2n) is 6.51. The monoisotopic (exact) mass is 355 g/mol. The van der Waals surface area contributed by atoms with E-state index in [0.717, 1.165) is 5.56 Å². The highest BCUT2D eigenvalue weighted by atomic mass is 16.2. The molecule has 1 heterocycles. The predicted octanol–water partition coefficient (Wildman–Crippen LogP) is 2.03. The van der Waals surface area contributed by atoms with Crippen LogP contribution < -0.4 is 10.6 Å². The van der Waals surface area contributed by atoms with Crippen LogP contribution in [-0.4, -0.2) is 53.9 Å². The molecule has 7 heteroatoms. The summed E-state index contributed by atoms with van der Waals surface area (Å²) in [6.07, 6.45) is 3.21. The fourth-order valence-electron chi connectivity index (χ4n) is 2.56. The molecule has 0 aliphatic heterocycles. The topological polar surface area (TPSA) is 87.2 Å². The van der Waals surface area contributed by atoms with E-state index in [-0.39, 0.29) is 17.7 Å². The summed E-state index contributed by atoms with van der Waals surface area (Å²) in [5.74, 6) is 0.187. The van der Waals surface area contributed by atoms with Crippen molar-refractivity contribution < 1.29 is 9.59 Å². The first-order chi connectivity index (χ1) is 12.3. The summed E-state index contributed by atoms with van der Waals surface area (Å²) in [7, 11) is 5.12. The fourth-order valence-corrected chi connectivity index (χ4v) is 2.56. The molecule has 138 valence electrons. The number of hydrogen-bond donors (Lipinski definition) is 2. The second-order valence-corrected chi connectivity index (χ2v) is 6.51. The van der Waals surface area contributed by atoms with E-state index < -0.39 is 6.04 Å². The number of carbonyl (C=O) groups excluding carboxylic acids is 2. The summed E-state index contributed by atoms with van der Waals surface area (Å²) < 4.78 is 0. The maximum Gasteiger partial charge on any atom is 0.251 e. The number of likely N-dealkylation sites (N-methyl/N-ethyl adjacent to an activating group) is 1. The van der Waals surface area contributed by atoms with Gasteiger partial charge in [-0.15, -0.1) is 0 Å². The van der Waals surface area contributed by atoms with Crippen molar-refractivity contribution in [1.82, 2.24) is 20.2 Å². The first kappa shape index (κ1) is 19.4. The minimum Gasteiger partial charge on any atom is -0.371 e. The maximum absolute atomic E-state index is 12.7. The van der Waals surface area contributed by atoms with Gasteiger partial charge >= 0.3 is 0 Å². The Hall–Kier alpha value is -2.96. The molecule has 0 radical (unpaired) electrons. The van der Waals surface area contributed by atoms with E-state index in [4.69, 9.17) is 0 Å². The number of aromatic nitrogens is 2. The van der Waals surface area contributed by atoms with Gasteiger partial charge in [0.2, 0.25) is 5.91 Å². The molecule has 0 spiro atoms. The Morgan fingerprint density at radius 2 is 1.81 bits per heavy atom. The molecule has 2 rings (SSSR count). The number of amides is 2. The van der Waals surface area contributed by atoms with Gasteiger partial charge in [0.05, 0.1) is 0 Å². The van der Waals surface area contributed by atoms with E-state index in [1.165, 1.54) is 4.90 Å². The van der Waals surface area contributed by atoms with Crippen molar-refractivity contribution in [3.05, 3.63) is 42.2 Å². The van der Waals surface area contributed by atoms with Crippen molar-refractivity contribution in [3.8, 4) is 11.3 Å². The Bertz CT molecular complexity index is 789. The number of hydrogen-bond acceptors (Lipinski definition) is 5. The number of anilines is 1. The Morgan fingerprint density at radius 3 is 2.42 bits per heavy atom. The van der Waals surface area contributed by atoms with Gasteiger partial charge in [-0.3, -0.25) is 14.6 Å². The lowest BCUT2D eigenvalue weighted by atomic mass is 10.0. The van der Waals surface area contributed by atoms with Gasteiger partial charge in [-0.25, -0.2) is 4.98 Å². The first-order valence-electron chi connectivity index (χ1n) is 8.46. The number of rotatable bonds is 6. The lowest BCUT2D eigenvalue weighted by Crippen LogP contribution is -2.49. The molecule has 0 bridgehead atoms. The molecule has 1 aromatic heterocycles. The van der Waals surface area contributed by atoms with E-state index in [9.17, 15) is 9.59 Å². The van der Waals surface area contributed by atoms with Crippen molar-refractivity contribution in [2.45, 2.75) is 19.9 Å². The van der Waals surface area contributed by atoms with Gasteiger partial charge in [0.15, 0.2) is 5.82 Å². The molecule has 2 aromatic rings. The third-order valence-corrected chi connectivity index (χ3v) is 3.99. The predicted molar refractivity (Wildman–Crippen MR) is 102 cm³/mol. The van der Waals surface area contributed by atoms with Crippen molar-refractivity contribution in [2.75, 3.05) is 26.5 Å². The minimum absolute atomic E-state index is 0.0204. The van der Waals surface area contributed by atoms with Crippen LogP contribution in [0.2, 0.25) is 0 Å². The average Bonchev–Trinajstić information content (AvgIpc) is 2.65. The van der Waals surface area contributed by atoms with Gasteiger partial charge in [0, 0.05) is 44.7 Å². The van der Waals surface area contributed by atoms with Crippen LogP contribution >= 0.6 is 0 Å². The highest BCUT2D eigenvalue weighted by Crippen LogP contribution is 2.24. The zero-order valence-electron chi connectivity index (χ0n) is 15.8. The summed E-state index contributed by atoms with van der Waals surface area (Å²) in [6.45, 7) is 3.81. The standard InChI is InChI=1S/C19H25N5O2/c1-12(2)15(19(26)24(4)5)23-18(25)14-8-6-7-13(11-14)16-17(20-3)22-10-9-21-16/h6-12,15H,1-5H3,(H,20,22)(H,23,25)/t15-/m0/s1. The van der Waals surface area contributed by atoms with Gasteiger partial charge < -0.3 is 15.5 Å². The minimum atomic E-state index is -0.578. The normalized spacial score (nSPS) is 11.8. The maximum atomic E-state index is 12.7. The van der Waals surface area contributed by atoms with Crippen molar-refractivity contribution in [1.29, 1.82) is 0 Å². The molecule has 1 aromatic carbocycles. The Labute approximate surface area is 153 Å².